The third-order valence-corrected chi connectivity index (χ3v) is 3.60. The Labute approximate surface area is 113 Å². The van der Waals surface area contributed by atoms with Crippen molar-refractivity contribution < 1.29 is 24.2 Å². The molecule has 0 bridgehead atoms. The highest BCUT2D eigenvalue weighted by Crippen LogP contribution is 2.42. The van der Waals surface area contributed by atoms with Crippen LogP contribution in [0.2, 0.25) is 0 Å². The van der Waals surface area contributed by atoms with Gasteiger partial charge in [-0.3, -0.25) is 14.4 Å². The molecular weight excluding hydrogens is 248 g/mol. The maximum atomic E-state index is 12.3. The van der Waals surface area contributed by atoms with E-state index in [2.05, 4.69) is 0 Å². The van der Waals surface area contributed by atoms with Crippen molar-refractivity contribution in [3.8, 4) is 0 Å². The highest BCUT2D eigenvalue weighted by atomic mass is 16.6. The van der Waals surface area contributed by atoms with Gasteiger partial charge in [0.05, 0.1) is 0 Å². The van der Waals surface area contributed by atoms with Crippen molar-refractivity contribution in [3.05, 3.63) is 0 Å². The lowest BCUT2D eigenvalue weighted by molar-refractivity contribution is -0.153. The Morgan fingerprint density at radius 1 is 1.32 bits per heavy atom. The summed E-state index contributed by atoms with van der Waals surface area (Å²) in [5.74, 6) is -3.36. The van der Waals surface area contributed by atoms with Crippen molar-refractivity contribution in [2.45, 2.75) is 53.2 Å². The second kappa shape index (κ2) is 4.71. The molecule has 1 aliphatic heterocycles. The standard InChI is InChI=1S/C14H22O5/c1-7(15)10(16)9(13(2,3)4)8-11(17)14(5,6)19-12(8)18/h8-10,16H,1-6H3. The molecule has 19 heavy (non-hydrogen) atoms. The Morgan fingerprint density at radius 2 is 1.79 bits per heavy atom. The molecule has 0 aromatic rings. The van der Waals surface area contributed by atoms with E-state index in [0.29, 0.717) is 0 Å². The highest BCUT2D eigenvalue weighted by molar-refractivity contribution is 6.09. The van der Waals surface area contributed by atoms with Crippen molar-refractivity contribution in [2.24, 2.45) is 17.3 Å². The summed E-state index contributed by atoms with van der Waals surface area (Å²) in [6, 6.07) is 0. The van der Waals surface area contributed by atoms with Crippen molar-refractivity contribution in [2.75, 3.05) is 0 Å². The predicted molar refractivity (Wildman–Crippen MR) is 68.3 cm³/mol. The first-order valence-electron chi connectivity index (χ1n) is 6.35. The number of aliphatic hydroxyl groups is 1. The zero-order valence-corrected chi connectivity index (χ0v) is 12.3. The lowest BCUT2D eigenvalue weighted by Gasteiger charge is -2.35. The van der Waals surface area contributed by atoms with Gasteiger partial charge in [0.15, 0.2) is 17.2 Å². The van der Waals surface area contributed by atoms with Gasteiger partial charge in [-0.15, -0.1) is 0 Å². The van der Waals surface area contributed by atoms with E-state index in [1.807, 2.05) is 0 Å². The number of esters is 1. The van der Waals surface area contributed by atoms with Crippen LogP contribution >= 0.6 is 0 Å². The summed E-state index contributed by atoms with van der Waals surface area (Å²) < 4.78 is 5.07. The van der Waals surface area contributed by atoms with E-state index in [-0.39, 0.29) is 5.78 Å². The predicted octanol–water partition coefficient (Wildman–Crippen LogP) is 1.12. The minimum Gasteiger partial charge on any atom is -0.451 e. The number of Topliss-reactive ketones (excluding diaryl/α,β-unsaturated/α-hetero) is 2. The molecule has 3 unspecified atom stereocenters. The van der Waals surface area contributed by atoms with Gasteiger partial charge in [-0.2, -0.15) is 0 Å². The van der Waals surface area contributed by atoms with Gasteiger partial charge in [0.25, 0.3) is 0 Å². The topological polar surface area (TPSA) is 80.7 Å². The van der Waals surface area contributed by atoms with Crippen LogP contribution in [0.4, 0.5) is 0 Å². The monoisotopic (exact) mass is 270 g/mol. The number of ketones is 2. The zero-order chi connectivity index (χ0) is 15.2. The molecule has 0 spiro atoms. The smallest absolute Gasteiger partial charge is 0.318 e. The third kappa shape index (κ3) is 2.86. The van der Waals surface area contributed by atoms with Crippen molar-refractivity contribution >= 4 is 17.5 Å². The summed E-state index contributed by atoms with van der Waals surface area (Å²) in [7, 11) is 0. The molecule has 0 saturated carbocycles. The van der Waals surface area contributed by atoms with Crippen LogP contribution in [0.1, 0.15) is 41.5 Å². The molecule has 5 heteroatoms. The van der Waals surface area contributed by atoms with Gasteiger partial charge in [-0.1, -0.05) is 20.8 Å². The number of carbonyl (C=O) groups excluding carboxylic acids is 3. The lowest BCUT2D eigenvalue weighted by Crippen LogP contribution is -2.46. The SMILES string of the molecule is CC(=O)C(O)C(C1C(=O)OC(C)(C)C1=O)C(C)(C)C. The molecule has 1 fully saturated rings. The van der Waals surface area contributed by atoms with Gasteiger partial charge in [0, 0.05) is 5.92 Å². The van der Waals surface area contributed by atoms with Crippen LogP contribution in [-0.2, 0) is 19.1 Å². The number of hydrogen-bond acceptors (Lipinski definition) is 5. The number of aliphatic hydroxyl groups excluding tert-OH is 1. The van der Waals surface area contributed by atoms with E-state index in [1.54, 1.807) is 20.8 Å². The van der Waals surface area contributed by atoms with Crippen LogP contribution in [-0.4, -0.2) is 34.3 Å². The maximum absolute atomic E-state index is 12.3. The molecule has 0 radical (unpaired) electrons. The summed E-state index contributed by atoms with van der Waals surface area (Å²) in [6.07, 6.45) is -1.35. The largest absolute Gasteiger partial charge is 0.451 e. The van der Waals surface area contributed by atoms with Crippen LogP contribution in [0.25, 0.3) is 0 Å². The first kappa shape index (κ1) is 15.8. The second-order valence-corrected chi connectivity index (χ2v) is 6.72. The van der Waals surface area contributed by atoms with Crippen LogP contribution < -0.4 is 0 Å². The maximum Gasteiger partial charge on any atom is 0.318 e. The van der Waals surface area contributed by atoms with E-state index >= 15 is 0 Å². The Balaban J connectivity index is 3.24. The van der Waals surface area contributed by atoms with Crippen molar-refractivity contribution in [1.82, 2.24) is 0 Å². The zero-order valence-electron chi connectivity index (χ0n) is 12.3. The molecule has 1 heterocycles. The number of rotatable bonds is 3. The van der Waals surface area contributed by atoms with Crippen LogP contribution in [0.5, 0.6) is 0 Å². The van der Waals surface area contributed by atoms with E-state index in [1.165, 1.54) is 20.8 Å². The average molecular weight is 270 g/mol. The third-order valence-electron chi connectivity index (χ3n) is 3.60. The van der Waals surface area contributed by atoms with Crippen molar-refractivity contribution in [3.63, 3.8) is 0 Å². The van der Waals surface area contributed by atoms with Gasteiger partial charge >= 0.3 is 5.97 Å². The number of hydrogen-bond donors (Lipinski definition) is 1. The van der Waals surface area contributed by atoms with E-state index in [0.717, 1.165) is 0 Å². The summed E-state index contributed by atoms with van der Waals surface area (Å²) in [5, 5.41) is 10.1. The minimum atomic E-state index is -1.35. The number of ether oxygens (including phenoxy) is 1. The molecule has 1 N–H and O–H groups in total. The molecular formula is C14H22O5. The average Bonchev–Trinajstić information content (AvgIpc) is 2.38. The normalized spacial score (nSPS) is 25.9. The molecule has 0 aromatic carbocycles. The van der Waals surface area contributed by atoms with E-state index in [9.17, 15) is 19.5 Å². The Kier molecular flexibility index (Phi) is 3.92. The summed E-state index contributed by atoms with van der Waals surface area (Å²) in [5.41, 5.74) is -1.77. The van der Waals surface area contributed by atoms with Crippen molar-refractivity contribution in [1.29, 1.82) is 0 Å². The van der Waals surface area contributed by atoms with Crippen LogP contribution in [0, 0.1) is 17.3 Å². The summed E-state index contributed by atoms with van der Waals surface area (Å²) >= 11 is 0. The lowest BCUT2D eigenvalue weighted by atomic mass is 9.67. The molecule has 1 rings (SSSR count). The number of carbonyl (C=O) groups is 3. The quantitative estimate of drug-likeness (QED) is 0.614. The summed E-state index contributed by atoms with van der Waals surface area (Å²) in [6.45, 7) is 9.65. The molecule has 0 amide bonds. The van der Waals surface area contributed by atoms with Gasteiger partial charge in [-0.05, 0) is 26.2 Å². The molecule has 0 aliphatic carbocycles. The molecule has 1 saturated heterocycles. The van der Waals surface area contributed by atoms with Gasteiger partial charge in [0.1, 0.15) is 12.0 Å². The highest BCUT2D eigenvalue weighted by Gasteiger charge is 2.56. The van der Waals surface area contributed by atoms with Gasteiger partial charge in [-0.25, -0.2) is 0 Å². The fraction of sp³-hybridized carbons (Fsp3) is 0.786. The first-order chi connectivity index (χ1) is 8.39. The molecule has 108 valence electrons. The fourth-order valence-electron chi connectivity index (χ4n) is 2.57. The van der Waals surface area contributed by atoms with Crippen LogP contribution in [0.15, 0.2) is 0 Å². The number of cyclic esters (lactones) is 1. The van der Waals surface area contributed by atoms with Crippen LogP contribution in [0.3, 0.4) is 0 Å². The van der Waals surface area contributed by atoms with Gasteiger partial charge < -0.3 is 9.84 Å². The second-order valence-electron chi connectivity index (χ2n) is 6.72. The fourth-order valence-corrected chi connectivity index (χ4v) is 2.57. The Hall–Kier alpha value is -1.23. The Morgan fingerprint density at radius 3 is 2.05 bits per heavy atom. The Bertz CT molecular complexity index is 416. The minimum absolute atomic E-state index is 0.377. The van der Waals surface area contributed by atoms with E-state index < -0.39 is 40.7 Å². The summed E-state index contributed by atoms with van der Waals surface area (Å²) in [4.78, 5) is 35.7. The first-order valence-corrected chi connectivity index (χ1v) is 6.35. The van der Waals surface area contributed by atoms with Gasteiger partial charge in [0.2, 0.25) is 0 Å². The molecule has 0 aromatic heterocycles. The van der Waals surface area contributed by atoms with E-state index in [4.69, 9.17) is 4.74 Å². The molecule has 3 atom stereocenters. The molecule has 5 nitrogen and oxygen atoms in total. The molecule has 1 aliphatic rings.